The van der Waals surface area contributed by atoms with E-state index in [0.29, 0.717) is 0 Å². The lowest BCUT2D eigenvalue weighted by molar-refractivity contribution is 0.110. The van der Waals surface area contributed by atoms with Crippen molar-refractivity contribution in [3.8, 4) is 0 Å². The third kappa shape index (κ3) is 0.994. The summed E-state index contributed by atoms with van der Waals surface area (Å²) in [5, 5.41) is 3.42. The number of nitrogens with one attached hydrogen (secondary N) is 1. The number of alkyl halides is 1. The molecule has 2 fully saturated rings. The molecule has 2 rings (SSSR count). The highest BCUT2D eigenvalue weighted by molar-refractivity contribution is 5.09. The van der Waals surface area contributed by atoms with Crippen LogP contribution in [0.15, 0.2) is 0 Å². The molecule has 0 aliphatic carbocycles. The van der Waals surface area contributed by atoms with E-state index in [1.807, 2.05) is 6.92 Å². The summed E-state index contributed by atoms with van der Waals surface area (Å²) in [5.74, 6) is 0. The summed E-state index contributed by atoms with van der Waals surface area (Å²) in [6, 6.07) is 0. The Hall–Kier alpha value is -0.110. The smallest absolute Gasteiger partial charge is 0.118 e. The van der Waals surface area contributed by atoms with E-state index in [0.717, 1.165) is 25.7 Å². The van der Waals surface area contributed by atoms with Gasteiger partial charge in [0, 0.05) is 11.1 Å². The molecule has 0 saturated carbocycles. The molecule has 2 saturated heterocycles. The molecule has 2 aliphatic rings. The van der Waals surface area contributed by atoms with Crippen LogP contribution in [0.5, 0.6) is 0 Å². The number of hydrogen-bond acceptors (Lipinski definition) is 1. The number of rotatable bonds is 0. The van der Waals surface area contributed by atoms with E-state index < -0.39 is 6.17 Å². The van der Waals surface area contributed by atoms with Crippen LogP contribution in [0, 0.1) is 0 Å². The van der Waals surface area contributed by atoms with Crippen LogP contribution >= 0.6 is 0 Å². The van der Waals surface area contributed by atoms with Gasteiger partial charge in [-0.05, 0) is 39.5 Å². The number of halogens is 1. The molecule has 0 spiro atoms. The standard InChI is InChI=1S/C9H16FN/c1-8-4-3-7(10)9(2,11-8)6-5-8/h7,11H,3-6H2,1-2H3. The van der Waals surface area contributed by atoms with Gasteiger partial charge in [-0.3, -0.25) is 0 Å². The highest BCUT2D eigenvalue weighted by atomic mass is 19.1. The molecule has 2 heteroatoms. The molecule has 64 valence electrons. The summed E-state index contributed by atoms with van der Waals surface area (Å²) < 4.78 is 13.4. The van der Waals surface area contributed by atoms with Crippen LogP contribution in [0.2, 0.25) is 0 Å². The predicted octanol–water partition coefficient (Wildman–Crippen LogP) is 2.02. The Bertz CT molecular complexity index is 178. The summed E-state index contributed by atoms with van der Waals surface area (Å²) >= 11 is 0. The minimum Gasteiger partial charge on any atom is -0.304 e. The van der Waals surface area contributed by atoms with Crippen molar-refractivity contribution in [2.24, 2.45) is 0 Å². The second-order valence-corrected chi connectivity index (χ2v) is 4.61. The van der Waals surface area contributed by atoms with E-state index >= 15 is 0 Å². The summed E-state index contributed by atoms with van der Waals surface area (Å²) in [7, 11) is 0. The van der Waals surface area contributed by atoms with Gasteiger partial charge in [-0.2, -0.15) is 0 Å². The first-order chi connectivity index (χ1) is 5.04. The Kier molecular flexibility index (Phi) is 1.35. The summed E-state index contributed by atoms with van der Waals surface area (Å²) in [5.41, 5.74) is 0.0460. The maximum Gasteiger partial charge on any atom is 0.118 e. The fourth-order valence-corrected chi connectivity index (χ4v) is 2.54. The highest BCUT2D eigenvalue weighted by Crippen LogP contribution is 2.43. The molecule has 11 heavy (non-hydrogen) atoms. The Balaban J connectivity index is 2.23. The molecule has 0 aromatic rings. The van der Waals surface area contributed by atoms with E-state index in [-0.39, 0.29) is 11.1 Å². The van der Waals surface area contributed by atoms with Crippen molar-refractivity contribution < 1.29 is 4.39 Å². The van der Waals surface area contributed by atoms with Gasteiger partial charge in [0.05, 0.1) is 0 Å². The monoisotopic (exact) mass is 157 g/mol. The van der Waals surface area contributed by atoms with Crippen LogP contribution in [0.3, 0.4) is 0 Å². The third-order valence-electron chi connectivity index (χ3n) is 3.42. The van der Waals surface area contributed by atoms with Crippen molar-refractivity contribution in [3.05, 3.63) is 0 Å². The largest absolute Gasteiger partial charge is 0.304 e. The lowest BCUT2D eigenvalue weighted by Crippen LogP contribution is -2.56. The molecule has 1 N–H and O–H groups in total. The Morgan fingerprint density at radius 2 is 2.00 bits per heavy atom. The van der Waals surface area contributed by atoms with Gasteiger partial charge in [0.15, 0.2) is 0 Å². The summed E-state index contributed by atoms with van der Waals surface area (Å²) in [4.78, 5) is 0. The van der Waals surface area contributed by atoms with Gasteiger partial charge in [0.2, 0.25) is 0 Å². The Morgan fingerprint density at radius 3 is 2.64 bits per heavy atom. The van der Waals surface area contributed by atoms with Gasteiger partial charge >= 0.3 is 0 Å². The molecule has 2 heterocycles. The average molecular weight is 157 g/mol. The molecule has 0 amide bonds. The van der Waals surface area contributed by atoms with Gasteiger partial charge in [-0.1, -0.05) is 0 Å². The Morgan fingerprint density at radius 1 is 1.27 bits per heavy atom. The summed E-state index contributed by atoms with van der Waals surface area (Å²) in [6.45, 7) is 4.23. The molecule has 3 atom stereocenters. The minimum atomic E-state index is -0.627. The van der Waals surface area contributed by atoms with E-state index in [1.165, 1.54) is 0 Å². The van der Waals surface area contributed by atoms with E-state index in [9.17, 15) is 4.39 Å². The SMILES string of the molecule is CC12CCC(F)C(C)(CC1)N2. The topological polar surface area (TPSA) is 12.0 Å². The van der Waals surface area contributed by atoms with Crippen molar-refractivity contribution in [2.45, 2.75) is 56.8 Å². The van der Waals surface area contributed by atoms with Gasteiger partial charge in [0.25, 0.3) is 0 Å². The highest BCUT2D eigenvalue weighted by Gasteiger charge is 2.50. The van der Waals surface area contributed by atoms with Crippen molar-refractivity contribution in [1.29, 1.82) is 0 Å². The molecular formula is C9H16FN. The average Bonchev–Trinajstić information content (AvgIpc) is 2.20. The van der Waals surface area contributed by atoms with Crippen molar-refractivity contribution in [3.63, 3.8) is 0 Å². The second-order valence-electron chi connectivity index (χ2n) is 4.61. The lowest BCUT2D eigenvalue weighted by Gasteiger charge is -2.39. The summed E-state index contributed by atoms with van der Waals surface area (Å²) in [6.07, 6.45) is 3.27. The van der Waals surface area contributed by atoms with Crippen LogP contribution in [0.25, 0.3) is 0 Å². The first-order valence-electron chi connectivity index (χ1n) is 4.48. The zero-order chi connectivity index (χ0) is 8.11. The van der Waals surface area contributed by atoms with E-state index in [1.54, 1.807) is 0 Å². The fourth-order valence-electron chi connectivity index (χ4n) is 2.54. The van der Waals surface area contributed by atoms with Gasteiger partial charge < -0.3 is 5.32 Å². The number of hydrogen-bond donors (Lipinski definition) is 1. The normalized spacial score (nSPS) is 56.5. The molecule has 1 nitrogen and oxygen atoms in total. The molecule has 0 aromatic heterocycles. The first-order valence-corrected chi connectivity index (χ1v) is 4.48. The Labute approximate surface area is 67.4 Å². The zero-order valence-corrected chi connectivity index (χ0v) is 7.28. The molecule has 2 aliphatic heterocycles. The maximum atomic E-state index is 13.4. The van der Waals surface area contributed by atoms with Gasteiger partial charge in [-0.15, -0.1) is 0 Å². The molecule has 0 aromatic carbocycles. The predicted molar refractivity (Wildman–Crippen MR) is 43.3 cm³/mol. The minimum absolute atomic E-state index is 0.201. The van der Waals surface area contributed by atoms with Crippen molar-refractivity contribution >= 4 is 0 Å². The van der Waals surface area contributed by atoms with E-state index in [2.05, 4.69) is 12.2 Å². The lowest BCUT2D eigenvalue weighted by atomic mass is 9.87. The van der Waals surface area contributed by atoms with Crippen LogP contribution in [-0.2, 0) is 0 Å². The molecular weight excluding hydrogens is 141 g/mol. The van der Waals surface area contributed by atoms with Gasteiger partial charge in [0.1, 0.15) is 6.17 Å². The zero-order valence-electron chi connectivity index (χ0n) is 7.28. The molecule has 3 unspecified atom stereocenters. The quantitative estimate of drug-likeness (QED) is 0.567. The maximum absolute atomic E-state index is 13.4. The number of fused-ring (bicyclic) bond motifs is 2. The van der Waals surface area contributed by atoms with E-state index in [4.69, 9.17) is 0 Å². The third-order valence-corrected chi connectivity index (χ3v) is 3.42. The number of piperidine rings is 1. The van der Waals surface area contributed by atoms with Crippen LogP contribution in [0.4, 0.5) is 4.39 Å². The molecule has 2 bridgehead atoms. The fraction of sp³-hybridized carbons (Fsp3) is 1.00. The van der Waals surface area contributed by atoms with Crippen molar-refractivity contribution in [2.75, 3.05) is 0 Å². The van der Waals surface area contributed by atoms with Crippen LogP contribution in [0.1, 0.15) is 39.5 Å². The van der Waals surface area contributed by atoms with Crippen LogP contribution < -0.4 is 5.32 Å². The molecule has 0 radical (unpaired) electrons. The first kappa shape index (κ1) is 7.53. The van der Waals surface area contributed by atoms with Crippen LogP contribution in [-0.4, -0.2) is 17.2 Å². The second kappa shape index (κ2) is 1.98. The van der Waals surface area contributed by atoms with Crippen molar-refractivity contribution in [1.82, 2.24) is 5.32 Å². The van der Waals surface area contributed by atoms with Gasteiger partial charge in [-0.25, -0.2) is 4.39 Å².